The summed E-state index contributed by atoms with van der Waals surface area (Å²) in [7, 11) is -3.46. The fourth-order valence-electron chi connectivity index (χ4n) is 2.95. The van der Waals surface area contributed by atoms with Crippen molar-refractivity contribution in [3.8, 4) is 0 Å². The first-order chi connectivity index (χ1) is 13.2. The van der Waals surface area contributed by atoms with E-state index < -0.39 is 16.1 Å². The van der Waals surface area contributed by atoms with E-state index in [0.717, 1.165) is 6.26 Å². The van der Waals surface area contributed by atoms with Crippen LogP contribution in [-0.2, 0) is 21.4 Å². The maximum atomic E-state index is 12.6. The highest BCUT2D eigenvalue weighted by atomic mass is 32.2. The second kappa shape index (κ2) is 7.81. The van der Waals surface area contributed by atoms with Gasteiger partial charge in [0, 0.05) is 0 Å². The number of carbonyl (C=O) groups excluding carboxylic acids is 1. The van der Waals surface area contributed by atoms with Gasteiger partial charge in [0.2, 0.25) is 15.9 Å². The van der Waals surface area contributed by atoms with Crippen LogP contribution in [0.2, 0.25) is 0 Å². The fourth-order valence-corrected chi connectivity index (χ4v) is 3.54. The fraction of sp³-hybridized carbons (Fsp3) is 0.211. The number of fused-ring (bicyclic) bond motifs is 1. The van der Waals surface area contributed by atoms with Crippen LogP contribution in [0, 0.1) is 0 Å². The zero-order valence-corrected chi connectivity index (χ0v) is 16.2. The molecule has 2 N–H and O–H groups in total. The van der Waals surface area contributed by atoms with Crippen LogP contribution in [-0.4, -0.2) is 30.1 Å². The molecule has 3 rings (SSSR count). The van der Waals surface area contributed by atoms with Crippen molar-refractivity contribution < 1.29 is 13.2 Å². The molecule has 0 saturated heterocycles. The molecular weight excluding hydrogens is 380 g/mol. The van der Waals surface area contributed by atoms with Gasteiger partial charge in [-0.25, -0.2) is 13.4 Å². The molecule has 0 spiro atoms. The predicted molar refractivity (Wildman–Crippen MR) is 107 cm³/mol. The van der Waals surface area contributed by atoms with Gasteiger partial charge in [-0.05, 0) is 30.7 Å². The van der Waals surface area contributed by atoms with Gasteiger partial charge < -0.3 is 5.32 Å². The van der Waals surface area contributed by atoms with Crippen LogP contribution < -0.4 is 15.6 Å². The SMILES string of the molecule is CC(NC(=O)Cn1c(=O)cnc2ccccc21)c1ccccc1NS(C)(=O)=O. The number of nitrogens with one attached hydrogen (secondary N) is 2. The molecular formula is C19H20N4O4S. The van der Waals surface area contributed by atoms with Crippen molar-refractivity contribution >= 4 is 32.7 Å². The number of anilines is 1. The van der Waals surface area contributed by atoms with Crippen molar-refractivity contribution in [2.45, 2.75) is 19.5 Å². The average Bonchev–Trinajstić information content (AvgIpc) is 2.63. The Morgan fingerprint density at radius 3 is 2.57 bits per heavy atom. The first-order valence-electron chi connectivity index (χ1n) is 8.55. The number of nitrogens with zero attached hydrogens (tertiary/aromatic N) is 2. The summed E-state index contributed by atoms with van der Waals surface area (Å²) < 4.78 is 26.9. The van der Waals surface area contributed by atoms with E-state index in [-0.39, 0.29) is 18.0 Å². The summed E-state index contributed by atoms with van der Waals surface area (Å²) in [5.41, 5.74) is 1.82. The largest absolute Gasteiger partial charge is 0.348 e. The van der Waals surface area contributed by atoms with Crippen LogP contribution in [0.5, 0.6) is 0 Å². The van der Waals surface area contributed by atoms with Crippen molar-refractivity contribution in [2.24, 2.45) is 0 Å². The molecule has 3 aromatic rings. The lowest BCUT2D eigenvalue weighted by Crippen LogP contribution is -2.34. The summed E-state index contributed by atoms with van der Waals surface area (Å²) in [6.07, 6.45) is 2.25. The molecule has 0 fully saturated rings. The van der Waals surface area contributed by atoms with Crippen molar-refractivity contribution in [3.63, 3.8) is 0 Å². The second-order valence-corrected chi connectivity index (χ2v) is 8.17. The lowest BCUT2D eigenvalue weighted by molar-refractivity contribution is -0.122. The van der Waals surface area contributed by atoms with Crippen molar-refractivity contribution in [1.82, 2.24) is 14.9 Å². The Labute approximate surface area is 162 Å². The van der Waals surface area contributed by atoms with Crippen molar-refractivity contribution in [1.29, 1.82) is 0 Å². The first kappa shape index (κ1) is 19.6. The molecule has 0 aliphatic carbocycles. The number of para-hydroxylation sites is 3. The number of sulfonamides is 1. The molecule has 0 aliphatic heterocycles. The third kappa shape index (κ3) is 4.55. The maximum absolute atomic E-state index is 12.6. The normalized spacial score (nSPS) is 12.5. The summed E-state index contributed by atoms with van der Waals surface area (Å²) in [5, 5.41) is 2.81. The van der Waals surface area contributed by atoms with E-state index in [0.29, 0.717) is 22.3 Å². The first-order valence-corrected chi connectivity index (χ1v) is 10.4. The zero-order chi connectivity index (χ0) is 20.3. The Balaban J connectivity index is 1.82. The quantitative estimate of drug-likeness (QED) is 0.654. The summed E-state index contributed by atoms with van der Waals surface area (Å²) in [6, 6.07) is 13.4. The number of aromatic nitrogens is 2. The standard InChI is InChI=1S/C19H20N4O4S/c1-13(14-7-3-4-8-15(14)22-28(2,26)27)21-18(24)12-23-17-10-6-5-9-16(17)20-11-19(23)25/h3-11,13,22H,12H2,1-2H3,(H,21,24). The van der Waals surface area contributed by atoms with Crippen LogP contribution in [0.25, 0.3) is 11.0 Å². The van der Waals surface area contributed by atoms with E-state index in [9.17, 15) is 18.0 Å². The number of benzene rings is 2. The summed E-state index contributed by atoms with van der Waals surface area (Å²) in [4.78, 5) is 28.8. The van der Waals surface area contributed by atoms with Crippen LogP contribution in [0.1, 0.15) is 18.5 Å². The molecule has 1 amide bonds. The van der Waals surface area contributed by atoms with E-state index in [4.69, 9.17) is 0 Å². The van der Waals surface area contributed by atoms with Gasteiger partial charge in [-0.2, -0.15) is 0 Å². The molecule has 0 aliphatic rings. The van der Waals surface area contributed by atoms with Gasteiger partial charge in [0.1, 0.15) is 6.54 Å². The maximum Gasteiger partial charge on any atom is 0.269 e. The molecule has 0 radical (unpaired) electrons. The van der Waals surface area contributed by atoms with Gasteiger partial charge in [0.25, 0.3) is 5.56 Å². The molecule has 28 heavy (non-hydrogen) atoms. The van der Waals surface area contributed by atoms with Gasteiger partial charge >= 0.3 is 0 Å². The van der Waals surface area contributed by atoms with Gasteiger partial charge in [0.15, 0.2) is 0 Å². The van der Waals surface area contributed by atoms with Crippen molar-refractivity contribution in [2.75, 3.05) is 11.0 Å². The summed E-state index contributed by atoms with van der Waals surface area (Å²) in [6.45, 7) is 1.57. The van der Waals surface area contributed by atoms with Crippen molar-refractivity contribution in [3.05, 3.63) is 70.6 Å². The Bertz CT molecular complexity index is 1190. The number of carbonyl (C=O) groups is 1. The van der Waals surface area contributed by atoms with Gasteiger partial charge in [-0.3, -0.25) is 18.9 Å². The van der Waals surface area contributed by atoms with Gasteiger partial charge in [-0.15, -0.1) is 0 Å². The molecule has 8 nitrogen and oxygen atoms in total. The van der Waals surface area contributed by atoms with Crippen LogP contribution in [0.15, 0.2) is 59.5 Å². The van der Waals surface area contributed by atoms with E-state index >= 15 is 0 Å². The Morgan fingerprint density at radius 2 is 1.82 bits per heavy atom. The molecule has 0 saturated carbocycles. The molecule has 1 aromatic heterocycles. The number of hydrogen-bond donors (Lipinski definition) is 2. The van der Waals surface area contributed by atoms with Crippen LogP contribution in [0.3, 0.4) is 0 Å². The van der Waals surface area contributed by atoms with Crippen LogP contribution in [0.4, 0.5) is 5.69 Å². The zero-order valence-electron chi connectivity index (χ0n) is 15.4. The minimum atomic E-state index is -3.46. The lowest BCUT2D eigenvalue weighted by atomic mass is 10.1. The molecule has 146 valence electrons. The minimum Gasteiger partial charge on any atom is -0.348 e. The monoisotopic (exact) mass is 400 g/mol. The summed E-state index contributed by atoms with van der Waals surface area (Å²) >= 11 is 0. The Hall–Kier alpha value is -3.20. The highest BCUT2D eigenvalue weighted by Crippen LogP contribution is 2.23. The topological polar surface area (TPSA) is 110 Å². The lowest BCUT2D eigenvalue weighted by Gasteiger charge is -2.19. The predicted octanol–water partition coefficient (Wildman–Crippen LogP) is 1.65. The Morgan fingerprint density at radius 1 is 1.14 bits per heavy atom. The van der Waals surface area contributed by atoms with E-state index in [1.165, 1.54) is 10.8 Å². The van der Waals surface area contributed by atoms with E-state index in [1.54, 1.807) is 55.5 Å². The smallest absolute Gasteiger partial charge is 0.269 e. The Kier molecular flexibility index (Phi) is 5.46. The highest BCUT2D eigenvalue weighted by Gasteiger charge is 2.16. The summed E-state index contributed by atoms with van der Waals surface area (Å²) in [5.74, 6) is -0.375. The average molecular weight is 400 g/mol. The van der Waals surface area contributed by atoms with Crippen LogP contribution >= 0.6 is 0 Å². The molecule has 1 atom stereocenters. The third-order valence-electron chi connectivity index (χ3n) is 4.15. The molecule has 1 unspecified atom stereocenters. The van der Waals surface area contributed by atoms with Gasteiger partial charge in [0.05, 0.1) is 35.2 Å². The highest BCUT2D eigenvalue weighted by molar-refractivity contribution is 7.92. The number of amides is 1. The van der Waals surface area contributed by atoms with Gasteiger partial charge in [-0.1, -0.05) is 30.3 Å². The molecule has 0 bridgehead atoms. The molecule has 2 aromatic carbocycles. The van der Waals surface area contributed by atoms with E-state index in [2.05, 4.69) is 15.0 Å². The third-order valence-corrected chi connectivity index (χ3v) is 4.75. The molecule has 1 heterocycles. The second-order valence-electron chi connectivity index (χ2n) is 6.42. The minimum absolute atomic E-state index is 0.173. The number of hydrogen-bond acceptors (Lipinski definition) is 5. The van der Waals surface area contributed by atoms with E-state index in [1.807, 2.05) is 0 Å². The molecule has 9 heteroatoms. The number of rotatable bonds is 6.